The second kappa shape index (κ2) is 6.19. The quantitative estimate of drug-likeness (QED) is 0.592. The first-order valence-corrected chi connectivity index (χ1v) is 10.1. The number of rotatable bonds is 5. The van der Waals surface area contributed by atoms with E-state index in [-0.39, 0.29) is 4.99 Å². The minimum Gasteiger partial charge on any atom is -0.388 e. The molecule has 0 bridgehead atoms. The minimum atomic E-state index is -3.64. The number of hydrogen-bond donors (Lipinski definition) is 3. The highest BCUT2D eigenvalue weighted by molar-refractivity contribution is 7.94. The largest absolute Gasteiger partial charge is 0.388 e. The van der Waals surface area contributed by atoms with Gasteiger partial charge >= 0.3 is 0 Å². The summed E-state index contributed by atoms with van der Waals surface area (Å²) in [5.41, 5.74) is 9.27. The number of aromatic amines is 1. The maximum Gasteiger partial charge on any atom is 0.271 e. The second-order valence-corrected chi connectivity index (χ2v) is 8.69. The van der Waals surface area contributed by atoms with Crippen LogP contribution in [0.5, 0.6) is 0 Å². The molecular weight excluding hydrogens is 362 g/mol. The first-order chi connectivity index (χ1) is 11.3. The van der Waals surface area contributed by atoms with Gasteiger partial charge in [0.1, 0.15) is 9.20 Å². The van der Waals surface area contributed by atoms with E-state index in [1.54, 1.807) is 11.4 Å². The highest BCUT2D eigenvalue weighted by Crippen LogP contribution is 2.31. The smallest absolute Gasteiger partial charge is 0.271 e. The second-order valence-electron chi connectivity index (χ2n) is 5.46. The van der Waals surface area contributed by atoms with Crippen LogP contribution in [0.3, 0.4) is 0 Å². The minimum absolute atomic E-state index is 0.242. The molecule has 0 aliphatic heterocycles. The normalized spacial score (nSPS) is 11.8. The van der Waals surface area contributed by atoms with Crippen molar-refractivity contribution in [1.82, 2.24) is 4.98 Å². The maximum absolute atomic E-state index is 12.7. The van der Waals surface area contributed by atoms with Gasteiger partial charge in [-0.15, -0.1) is 11.3 Å². The number of fused-ring (bicyclic) bond motifs is 1. The Labute approximate surface area is 149 Å². The summed E-state index contributed by atoms with van der Waals surface area (Å²) in [6, 6.07) is 7.29. The van der Waals surface area contributed by atoms with Gasteiger partial charge in [0.25, 0.3) is 10.0 Å². The molecule has 3 rings (SSSR count). The lowest BCUT2D eigenvalue weighted by Gasteiger charge is -2.10. The van der Waals surface area contributed by atoms with Crippen molar-refractivity contribution in [2.45, 2.75) is 24.5 Å². The molecule has 0 radical (unpaired) electrons. The molecule has 2 heterocycles. The predicted molar refractivity (Wildman–Crippen MR) is 103 cm³/mol. The number of aryl methyl sites for hydroxylation is 2. The predicted octanol–water partition coefficient (Wildman–Crippen LogP) is 3.54. The number of hydrogen-bond acceptors (Lipinski definition) is 4. The van der Waals surface area contributed by atoms with Crippen LogP contribution in [0.15, 0.2) is 33.9 Å². The number of thiocarbonyl (C=S) groups is 1. The van der Waals surface area contributed by atoms with Gasteiger partial charge in [0.05, 0.1) is 16.9 Å². The third kappa shape index (κ3) is 2.92. The van der Waals surface area contributed by atoms with E-state index in [1.165, 1.54) is 11.3 Å². The number of thiophene rings is 1. The van der Waals surface area contributed by atoms with Crippen LogP contribution in [-0.4, -0.2) is 18.4 Å². The van der Waals surface area contributed by atoms with Crippen LogP contribution in [0, 0.1) is 6.92 Å². The Bertz CT molecular complexity index is 1030. The van der Waals surface area contributed by atoms with Gasteiger partial charge in [-0.25, -0.2) is 8.42 Å². The van der Waals surface area contributed by atoms with Gasteiger partial charge in [-0.3, -0.25) is 4.72 Å². The molecule has 0 aliphatic carbocycles. The number of aromatic nitrogens is 1. The lowest BCUT2D eigenvalue weighted by atomic mass is 10.1. The topological polar surface area (TPSA) is 88.0 Å². The summed E-state index contributed by atoms with van der Waals surface area (Å²) in [6.45, 7) is 3.89. The van der Waals surface area contributed by atoms with Crippen LogP contribution in [-0.2, 0) is 16.4 Å². The van der Waals surface area contributed by atoms with E-state index in [9.17, 15) is 8.42 Å². The van der Waals surface area contributed by atoms with E-state index in [0.29, 0.717) is 27.5 Å². The SMILES string of the molecule is CCc1ccsc1S(=O)(=O)Nc1ccc(C)c2cc(C(N)=S)[nH]c12. The van der Waals surface area contributed by atoms with Crippen molar-refractivity contribution in [2.24, 2.45) is 5.73 Å². The molecule has 0 spiro atoms. The van der Waals surface area contributed by atoms with E-state index < -0.39 is 10.0 Å². The Morgan fingerprint density at radius 3 is 2.79 bits per heavy atom. The van der Waals surface area contributed by atoms with Crippen LogP contribution in [0.4, 0.5) is 5.69 Å². The average Bonchev–Trinajstić information content (AvgIpc) is 3.16. The molecule has 2 aromatic heterocycles. The number of sulfonamides is 1. The number of nitrogens with two attached hydrogens (primary N) is 1. The van der Waals surface area contributed by atoms with Crippen LogP contribution in [0.2, 0.25) is 0 Å². The average molecular weight is 380 g/mol. The van der Waals surface area contributed by atoms with Gasteiger partial charge < -0.3 is 10.7 Å². The zero-order valence-corrected chi connectivity index (χ0v) is 15.7. The number of benzene rings is 1. The molecule has 0 saturated carbocycles. The lowest BCUT2D eigenvalue weighted by molar-refractivity contribution is 0.602. The Balaban J connectivity index is 2.10. The van der Waals surface area contributed by atoms with Gasteiger partial charge in [0.15, 0.2) is 0 Å². The van der Waals surface area contributed by atoms with Gasteiger partial charge in [-0.1, -0.05) is 25.2 Å². The molecule has 0 aliphatic rings. The van der Waals surface area contributed by atoms with Crippen LogP contribution in [0.1, 0.15) is 23.7 Å². The van der Waals surface area contributed by atoms with Crippen LogP contribution in [0.25, 0.3) is 10.9 Å². The number of anilines is 1. The van der Waals surface area contributed by atoms with E-state index in [4.69, 9.17) is 18.0 Å². The molecule has 0 amide bonds. The van der Waals surface area contributed by atoms with Crippen molar-refractivity contribution < 1.29 is 8.42 Å². The van der Waals surface area contributed by atoms with Crippen molar-refractivity contribution in [1.29, 1.82) is 0 Å². The first-order valence-electron chi connectivity index (χ1n) is 7.34. The van der Waals surface area contributed by atoms with Gasteiger partial charge in [0, 0.05) is 5.39 Å². The fourth-order valence-electron chi connectivity index (χ4n) is 2.59. The highest BCUT2D eigenvalue weighted by Gasteiger charge is 2.21. The molecule has 0 saturated heterocycles. The van der Waals surface area contributed by atoms with E-state index in [2.05, 4.69) is 9.71 Å². The van der Waals surface area contributed by atoms with Crippen molar-refractivity contribution >= 4 is 55.2 Å². The van der Waals surface area contributed by atoms with Crippen LogP contribution >= 0.6 is 23.6 Å². The lowest BCUT2D eigenvalue weighted by Crippen LogP contribution is -2.13. The van der Waals surface area contributed by atoms with Crippen molar-refractivity contribution in [3.8, 4) is 0 Å². The molecule has 8 heteroatoms. The van der Waals surface area contributed by atoms with Crippen LogP contribution < -0.4 is 10.5 Å². The first kappa shape index (κ1) is 16.9. The van der Waals surface area contributed by atoms with E-state index in [1.807, 2.05) is 32.0 Å². The summed E-state index contributed by atoms with van der Waals surface area (Å²) < 4.78 is 28.5. The van der Waals surface area contributed by atoms with Crippen molar-refractivity contribution in [2.75, 3.05) is 4.72 Å². The zero-order valence-electron chi connectivity index (χ0n) is 13.2. The maximum atomic E-state index is 12.7. The summed E-state index contributed by atoms with van der Waals surface area (Å²) in [5, 5.41) is 2.68. The molecule has 4 N–H and O–H groups in total. The summed E-state index contributed by atoms with van der Waals surface area (Å²) >= 11 is 6.22. The molecule has 1 aromatic carbocycles. The monoisotopic (exact) mass is 379 g/mol. The number of nitrogens with one attached hydrogen (secondary N) is 2. The van der Waals surface area contributed by atoms with Crippen molar-refractivity contribution in [3.63, 3.8) is 0 Å². The standard InChI is InChI=1S/C16H17N3O2S3/c1-3-10-6-7-23-16(10)24(20,21)19-12-5-4-9(2)11-8-13(15(17)22)18-14(11)12/h4-8,18-19H,3H2,1-2H3,(H2,17,22). The summed E-state index contributed by atoms with van der Waals surface area (Å²) in [6.07, 6.45) is 0.664. The molecule has 0 fully saturated rings. The Kier molecular flexibility index (Phi) is 4.37. The molecule has 0 atom stereocenters. The Morgan fingerprint density at radius 2 is 2.12 bits per heavy atom. The van der Waals surface area contributed by atoms with Gasteiger partial charge in [0.2, 0.25) is 0 Å². The highest BCUT2D eigenvalue weighted by atomic mass is 32.2. The van der Waals surface area contributed by atoms with E-state index in [0.717, 1.165) is 16.5 Å². The van der Waals surface area contributed by atoms with Gasteiger partial charge in [-0.05, 0) is 48.1 Å². The molecular formula is C16H17N3O2S3. The summed E-state index contributed by atoms with van der Waals surface area (Å²) in [4.78, 5) is 3.35. The fourth-order valence-corrected chi connectivity index (χ4v) is 5.33. The third-order valence-electron chi connectivity index (χ3n) is 3.85. The molecule has 5 nitrogen and oxygen atoms in total. The molecule has 3 aromatic rings. The summed E-state index contributed by atoms with van der Waals surface area (Å²) in [7, 11) is -3.64. The van der Waals surface area contributed by atoms with E-state index >= 15 is 0 Å². The fraction of sp³-hybridized carbons (Fsp3) is 0.188. The third-order valence-corrected chi connectivity index (χ3v) is 7.01. The molecule has 0 unspecified atom stereocenters. The summed E-state index contributed by atoms with van der Waals surface area (Å²) in [5.74, 6) is 0. The Morgan fingerprint density at radius 1 is 1.38 bits per heavy atom. The zero-order chi connectivity index (χ0) is 17.5. The number of H-pyrrole nitrogens is 1. The van der Waals surface area contributed by atoms with Gasteiger partial charge in [-0.2, -0.15) is 0 Å². The Hall–Kier alpha value is -1.90. The molecule has 126 valence electrons. The van der Waals surface area contributed by atoms with Crippen molar-refractivity contribution in [3.05, 3.63) is 46.5 Å². The molecule has 24 heavy (non-hydrogen) atoms.